The van der Waals surface area contributed by atoms with Gasteiger partial charge >= 0.3 is 5.97 Å². The van der Waals surface area contributed by atoms with Gasteiger partial charge in [0.15, 0.2) is 0 Å². The molecular formula is C12H15NO4. The van der Waals surface area contributed by atoms with E-state index in [1.165, 1.54) is 0 Å². The summed E-state index contributed by atoms with van der Waals surface area (Å²) >= 11 is 0. The van der Waals surface area contributed by atoms with Crippen molar-refractivity contribution in [2.75, 3.05) is 32.7 Å². The molecule has 5 heteroatoms. The lowest BCUT2D eigenvalue weighted by atomic mass is 10.00. The fourth-order valence-electron chi connectivity index (χ4n) is 2.30. The first-order chi connectivity index (χ1) is 8.10. The lowest BCUT2D eigenvalue weighted by molar-refractivity contribution is -0.138. The highest BCUT2D eigenvalue weighted by Gasteiger charge is 2.37. The number of likely N-dealkylation sites (N-methyl/N-ethyl adjacent to an activating group) is 1. The van der Waals surface area contributed by atoms with Crippen molar-refractivity contribution in [1.29, 1.82) is 0 Å². The van der Waals surface area contributed by atoms with E-state index in [9.17, 15) is 9.90 Å². The maximum atomic E-state index is 11.3. The number of fused-ring (bicyclic) bond motifs is 1. The van der Waals surface area contributed by atoms with Crippen LogP contribution in [0.1, 0.15) is 11.5 Å². The van der Waals surface area contributed by atoms with Crippen molar-refractivity contribution in [3.05, 3.63) is 17.7 Å². The maximum absolute atomic E-state index is 11.3. The van der Waals surface area contributed by atoms with Gasteiger partial charge in [0.2, 0.25) is 0 Å². The van der Waals surface area contributed by atoms with Gasteiger partial charge in [0.1, 0.15) is 17.4 Å². The molecular weight excluding hydrogens is 222 g/mol. The van der Waals surface area contributed by atoms with E-state index in [1.54, 1.807) is 26.4 Å². The van der Waals surface area contributed by atoms with Gasteiger partial charge in [-0.15, -0.1) is 0 Å². The number of aliphatic carboxylic acids is 1. The van der Waals surface area contributed by atoms with E-state index in [0.717, 1.165) is 5.69 Å². The Morgan fingerprint density at radius 1 is 1.35 bits per heavy atom. The second kappa shape index (κ2) is 4.16. The van der Waals surface area contributed by atoms with E-state index in [1.807, 2.05) is 11.9 Å². The van der Waals surface area contributed by atoms with Gasteiger partial charge in [-0.1, -0.05) is 0 Å². The predicted molar refractivity (Wildman–Crippen MR) is 63.2 cm³/mol. The number of nitrogens with zero attached hydrogens (tertiary/aromatic N) is 1. The summed E-state index contributed by atoms with van der Waals surface area (Å²) in [5, 5.41) is 9.24. The van der Waals surface area contributed by atoms with Crippen LogP contribution in [0.25, 0.3) is 0 Å². The molecule has 17 heavy (non-hydrogen) atoms. The van der Waals surface area contributed by atoms with Crippen molar-refractivity contribution >= 4 is 11.7 Å². The van der Waals surface area contributed by atoms with Crippen LogP contribution in [0.15, 0.2) is 12.1 Å². The van der Waals surface area contributed by atoms with Crippen LogP contribution < -0.4 is 14.4 Å². The van der Waals surface area contributed by atoms with E-state index < -0.39 is 11.9 Å². The number of methoxy groups -OCH3 is 2. The van der Waals surface area contributed by atoms with Crippen LogP contribution in [-0.4, -0.2) is 38.9 Å². The summed E-state index contributed by atoms with van der Waals surface area (Å²) in [5.41, 5.74) is 1.50. The standard InChI is InChI=1S/C12H15NO4/c1-13-6-7(12(14)15)10-8(16-2)4-5-9(17-3)11(10)13/h4-5,7H,6H2,1-3H3,(H,14,15). The van der Waals surface area contributed by atoms with Crippen molar-refractivity contribution in [2.45, 2.75) is 5.92 Å². The number of carboxylic acid groups (broad SMARTS) is 1. The first-order valence-electron chi connectivity index (χ1n) is 5.29. The summed E-state index contributed by atoms with van der Waals surface area (Å²) in [6.45, 7) is 0.432. The Balaban J connectivity index is 2.64. The lowest BCUT2D eigenvalue weighted by Crippen LogP contribution is -2.20. The minimum atomic E-state index is -0.845. The van der Waals surface area contributed by atoms with Gasteiger partial charge in [-0.2, -0.15) is 0 Å². The van der Waals surface area contributed by atoms with Gasteiger partial charge in [-0.05, 0) is 12.1 Å². The van der Waals surface area contributed by atoms with Crippen molar-refractivity contribution in [3.8, 4) is 11.5 Å². The van der Waals surface area contributed by atoms with Gasteiger partial charge in [0.05, 0.1) is 19.9 Å². The number of hydrogen-bond acceptors (Lipinski definition) is 4. The van der Waals surface area contributed by atoms with Crippen LogP contribution in [0, 0.1) is 0 Å². The van der Waals surface area contributed by atoms with Gasteiger partial charge in [0.25, 0.3) is 0 Å². The Hall–Kier alpha value is -1.91. The zero-order valence-corrected chi connectivity index (χ0v) is 10.1. The molecule has 5 nitrogen and oxygen atoms in total. The molecule has 0 amide bonds. The Morgan fingerprint density at radius 3 is 2.47 bits per heavy atom. The Labute approximate surface area is 99.6 Å². The summed E-state index contributed by atoms with van der Waals surface area (Å²) in [5.74, 6) is -0.146. The molecule has 0 aromatic heterocycles. The van der Waals surface area contributed by atoms with Gasteiger partial charge < -0.3 is 19.5 Å². The molecule has 0 saturated heterocycles. The molecule has 1 heterocycles. The summed E-state index contributed by atoms with van der Waals surface area (Å²) in [4.78, 5) is 13.1. The van der Waals surface area contributed by atoms with E-state index >= 15 is 0 Å². The Kier molecular flexibility index (Phi) is 2.83. The van der Waals surface area contributed by atoms with Gasteiger partial charge in [-0.25, -0.2) is 0 Å². The van der Waals surface area contributed by atoms with Gasteiger partial charge in [-0.3, -0.25) is 4.79 Å². The van der Waals surface area contributed by atoms with Crippen LogP contribution in [0.3, 0.4) is 0 Å². The molecule has 1 aromatic rings. The smallest absolute Gasteiger partial charge is 0.313 e. The first-order valence-corrected chi connectivity index (χ1v) is 5.29. The highest BCUT2D eigenvalue weighted by molar-refractivity contribution is 5.87. The molecule has 0 aliphatic carbocycles. The molecule has 1 aliphatic heterocycles. The number of benzene rings is 1. The summed E-state index contributed by atoms with van der Waals surface area (Å²) in [6.07, 6.45) is 0. The quantitative estimate of drug-likeness (QED) is 0.859. The highest BCUT2D eigenvalue weighted by Crippen LogP contribution is 2.47. The molecule has 2 rings (SSSR count). The van der Waals surface area contributed by atoms with E-state index in [0.29, 0.717) is 23.6 Å². The Bertz CT molecular complexity index is 458. The minimum absolute atomic E-state index is 0.432. The van der Waals surface area contributed by atoms with Crippen molar-refractivity contribution in [1.82, 2.24) is 0 Å². The molecule has 1 unspecified atom stereocenters. The van der Waals surface area contributed by atoms with Crippen molar-refractivity contribution in [2.24, 2.45) is 0 Å². The third-order valence-electron chi connectivity index (χ3n) is 3.06. The number of carbonyl (C=O) groups is 1. The van der Waals surface area contributed by atoms with Crippen molar-refractivity contribution < 1.29 is 19.4 Å². The fraction of sp³-hybridized carbons (Fsp3) is 0.417. The zero-order valence-electron chi connectivity index (χ0n) is 10.1. The second-order valence-electron chi connectivity index (χ2n) is 4.00. The molecule has 1 atom stereocenters. The average molecular weight is 237 g/mol. The predicted octanol–water partition coefficient (Wildman–Crippen LogP) is 1.32. The molecule has 0 saturated carbocycles. The first kappa shape index (κ1) is 11.6. The molecule has 92 valence electrons. The van der Waals surface area contributed by atoms with E-state index in [2.05, 4.69) is 0 Å². The number of ether oxygens (including phenoxy) is 2. The number of rotatable bonds is 3. The van der Waals surface area contributed by atoms with Gasteiger partial charge in [0, 0.05) is 19.2 Å². The molecule has 1 aromatic carbocycles. The largest absolute Gasteiger partial charge is 0.496 e. The van der Waals surface area contributed by atoms with E-state index in [-0.39, 0.29) is 0 Å². The Morgan fingerprint density at radius 2 is 1.94 bits per heavy atom. The summed E-state index contributed by atoms with van der Waals surface area (Å²) in [7, 11) is 4.97. The lowest BCUT2D eigenvalue weighted by Gasteiger charge is -2.16. The third-order valence-corrected chi connectivity index (χ3v) is 3.06. The number of carboxylic acids is 1. The van der Waals surface area contributed by atoms with Crippen LogP contribution in [0.2, 0.25) is 0 Å². The fourth-order valence-corrected chi connectivity index (χ4v) is 2.30. The zero-order chi connectivity index (χ0) is 12.6. The molecule has 1 N–H and O–H groups in total. The molecule has 0 radical (unpaired) electrons. The SMILES string of the molecule is COc1ccc(OC)c2c1C(C(=O)O)CN2C. The highest BCUT2D eigenvalue weighted by atomic mass is 16.5. The van der Waals surface area contributed by atoms with Crippen LogP contribution in [0.4, 0.5) is 5.69 Å². The van der Waals surface area contributed by atoms with Crippen molar-refractivity contribution in [3.63, 3.8) is 0 Å². The van der Waals surface area contributed by atoms with Crippen LogP contribution in [-0.2, 0) is 4.79 Å². The van der Waals surface area contributed by atoms with E-state index in [4.69, 9.17) is 9.47 Å². The second-order valence-corrected chi connectivity index (χ2v) is 4.00. The monoisotopic (exact) mass is 237 g/mol. The topological polar surface area (TPSA) is 59.0 Å². The van der Waals surface area contributed by atoms with Crippen LogP contribution >= 0.6 is 0 Å². The summed E-state index contributed by atoms with van der Waals surface area (Å²) < 4.78 is 10.5. The molecule has 1 aliphatic rings. The third kappa shape index (κ3) is 1.67. The normalized spacial score (nSPS) is 17.8. The number of anilines is 1. The molecule has 0 fully saturated rings. The van der Waals surface area contributed by atoms with Crippen LogP contribution in [0.5, 0.6) is 11.5 Å². The molecule has 0 spiro atoms. The minimum Gasteiger partial charge on any atom is -0.496 e. The average Bonchev–Trinajstić information content (AvgIpc) is 2.67. The maximum Gasteiger partial charge on any atom is 0.313 e. The number of hydrogen-bond donors (Lipinski definition) is 1. The summed E-state index contributed by atoms with van der Waals surface area (Å²) in [6, 6.07) is 3.53. The molecule has 0 bridgehead atoms.